The predicted octanol–water partition coefficient (Wildman–Crippen LogP) is 4.10. The Kier molecular flexibility index (Phi) is 3.59. The van der Waals surface area contributed by atoms with Crippen LogP contribution in [0, 0.1) is 17.9 Å². The van der Waals surface area contributed by atoms with Gasteiger partial charge < -0.3 is 0 Å². The molecule has 3 rings (SSSR count). The highest BCUT2D eigenvalue weighted by Gasteiger charge is 2.35. The average Bonchev–Trinajstić information content (AvgIpc) is 2.81. The van der Waals surface area contributed by atoms with Crippen molar-refractivity contribution in [3.05, 3.63) is 62.3 Å². The van der Waals surface area contributed by atoms with Crippen molar-refractivity contribution >= 4 is 27.2 Å². The van der Waals surface area contributed by atoms with Gasteiger partial charge in [-0.1, -0.05) is 0 Å². The number of rotatable bonds is 0. The molecule has 9 heteroatoms. The van der Waals surface area contributed by atoms with Gasteiger partial charge in [0, 0.05) is 10.6 Å². The zero-order valence-electron chi connectivity index (χ0n) is 12.4. The lowest BCUT2D eigenvalue weighted by Crippen LogP contribution is -2.21. The summed E-state index contributed by atoms with van der Waals surface area (Å²) in [5.41, 5.74) is -4.43. The van der Waals surface area contributed by atoms with Gasteiger partial charge in [0.1, 0.15) is 0 Å². The van der Waals surface area contributed by atoms with Crippen LogP contribution in [0.25, 0.3) is 32.1 Å². The molecule has 0 unspecified atom stereocenters. The Balaban J connectivity index is 2.71. The van der Waals surface area contributed by atoms with Crippen LogP contribution >= 0.6 is 0 Å². The van der Waals surface area contributed by atoms with Crippen molar-refractivity contribution in [2.45, 2.75) is 12.4 Å². The average molecular weight is 366 g/mol. The highest BCUT2D eigenvalue weighted by molar-refractivity contribution is 6.13. The van der Waals surface area contributed by atoms with Crippen LogP contribution in [0.5, 0.6) is 0 Å². The third kappa shape index (κ3) is 2.49. The molecule has 3 aromatic carbocycles. The fourth-order valence-electron chi connectivity index (χ4n) is 2.85. The van der Waals surface area contributed by atoms with Crippen molar-refractivity contribution in [2.75, 3.05) is 0 Å². The Hall–Kier alpha value is -3.33. The maximum Gasteiger partial charge on any atom is 0.416 e. The minimum atomic E-state index is -4.89. The molecule has 0 amide bonds. The Bertz CT molecular complexity index is 1220. The van der Waals surface area contributed by atoms with Gasteiger partial charge >= 0.3 is 12.4 Å². The lowest BCUT2D eigenvalue weighted by atomic mass is 10.00. The van der Waals surface area contributed by atoms with E-state index < -0.39 is 50.6 Å². The molecule has 130 valence electrons. The molecule has 0 bridgehead atoms. The molecule has 0 fully saturated rings. The maximum absolute atomic E-state index is 13.1. The lowest BCUT2D eigenvalue weighted by molar-refractivity contribution is -0.137. The van der Waals surface area contributed by atoms with Gasteiger partial charge in [-0.2, -0.15) is 26.3 Å². The number of benzene rings is 2. The molecule has 0 spiro atoms. The monoisotopic (exact) mass is 366 g/mol. The smallest absolute Gasteiger partial charge is 0.290 e. The standard InChI is InChI=1S/C17H4F6N2O/c1-25-12(6-24)14-10-4-8(16(18,19)20)2-7-3-9(17(21,22)23)5-11(13(7)10)15(14)26/h2-5H/b14-12-. The van der Waals surface area contributed by atoms with Crippen molar-refractivity contribution in [1.29, 1.82) is 5.26 Å². The van der Waals surface area contributed by atoms with Gasteiger partial charge in [0.2, 0.25) is 0 Å². The number of halogens is 6. The van der Waals surface area contributed by atoms with Crippen LogP contribution in [0.2, 0.25) is 0 Å². The zero-order chi connectivity index (χ0) is 19.4. The summed E-state index contributed by atoms with van der Waals surface area (Å²) < 4.78 is 78.5. The Labute approximate surface area is 140 Å². The summed E-state index contributed by atoms with van der Waals surface area (Å²) >= 11 is 0. The van der Waals surface area contributed by atoms with Crippen molar-refractivity contribution in [2.24, 2.45) is 0 Å². The molecule has 0 heterocycles. The fourth-order valence-corrected chi connectivity index (χ4v) is 2.85. The minimum absolute atomic E-state index is 0.137. The third-order valence-corrected chi connectivity index (χ3v) is 3.90. The van der Waals surface area contributed by atoms with Crippen molar-refractivity contribution in [3.63, 3.8) is 0 Å². The van der Waals surface area contributed by atoms with E-state index in [0.717, 1.165) is 0 Å². The van der Waals surface area contributed by atoms with E-state index in [1.165, 1.54) is 6.07 Å². The predicted molar refractivity (Wildman–Crippen MR) is 79.8 cm³/mol. The molecule has 26 heavy (non-hydrogen) atoms. The number of alkyl halides is 6. The van der Waals surface area contributed by atoms with Gasteiger partial charge in [0.05, 0.1) is 23.8 Å². The largest absolute Gasteiger partial charge is 0.416 e. The molecular weight excluding hydrogens is 362 g/mol. The van der Waals surface area contributed by atoms with Crippen LogP contribution in [0.15, 0.2) is 29.1 Å². The van der Waals surface area contributed by atoms with E-state index in [4.69, 9.17) is 11.8 Å². The summed E-state index contributed by atoms with van der Waals surface area (Å²) in [5.74, 6) is 0. The molecule has 0 radical (unpaired) electrons. The summed E-state index contributed by atoms with van der Waals surface area (Å²) in [6.45, 7) is 6.92. The van der Waals surface area contributed by atoms with Crippen LogP contribution in [0.4, 0.5) is 26.3 Å². The van der Waals surface area contributed by atoms with Gasteiger partial charge in [-0.3, -0.25) is 4.79 Å². The first-order valence-electron chi connectivity index (χ1n) is 6.82. The first-order chi connectivity index (χ1) is 12.0. The van der Waals surface area contributed by atoms with Crippen molar-refractivity contribution < 1.29 is 26.3 Å². The topological polar surface area (TPSA) is 45.2 Å². The normalized spacial score (nSPS) is 13.7. The van der Waals surface area contributed by atoms with Gasteiger partial charge in [-0.15, -0.1) is 0 Å². The van der Waals surface area contributed by atoms with E-state index in [1.54, 1.807) is 0 Å². The highest BCUT2D eigenvalue weighted by atomic mass is 19.4. The van der Waals surface area contributed by atoms with E-state index in [-0.39, 0.29) is 10.8 Å². The Morgan fingerprint density at radius 1 is 0.962 bits per heavy atom. The van der Waals surface area contributed by atoms with E-state index >= 15 is 0 Å². The highest BCUT2D eigenvalue weighted by Crippen LogP contribution is 2.38. The van der Waals surface area contributed by atoms with Gasteiger partial charge in [-0.05, 0) is 40.4 Å². The minimum Gasteiger partial charge on any atom is -0.290 e. The van der Waals surface area contributed by atoms with E-state index in [1.807, 2.05) is 0 Å². The van der Waals surface area contributed by atoms with Crippen LogP contribution in [0.1, 0.15) is 11.1 Å². The molecule has 0 saturated carbocycles. The van der Waals surface area contributed by atoms with Crippen molar-refractivity contribution in [1.82, 2.24) is 0 Å². The molecule has 0 aromatic heterocycles. The Morgan fingerprint density at radius 2 is 1.46 bits per heavy atom. The molecule has 0 aliphatic heterocycles. The molecule has 0 N–H and O–H groups in total. The number of nitriles is 1. The summed E-state index contributed by atoms with van der Waals surface area (Å²) in [5, 5.41) is 6.94. The van der Waals surface area contributed by atoms with Crippen molar-refractivity contribution in [3.8, 4) is 6.07 Å². The second-order valence-electron chi connectivity index (χ2n) is 5.42. The SMILES string of the molecule is [C-]#[N+]/C(C#N)=c1\c(=O)c2cc(C(F)(F)F)cc3cc(C(F)(F)F)cc1c32. The van der Waals surface area contributed by atoms with E-state index in [0.29, 0.717) is 24.3 Å². The third-order valence-electron chi connectivity index (χ3n) is 3.90. The summed E-state index contributed by atoms with van der Waals surface area (Å²) in [4.78, 5) is 15.3. The Morgan fingerprint density at radius 3 is 1.88 bits per heavy atom. The maximum atomic E-state index is 13.1. The lowest BCUT2D eigenvalue weighted by Gasteiger charge is -2.11. The molecular formula is C17H4F6N2O. The summed E-state index contributed by atoms with van der Waals surface area (Å²) in [7, 11) is 0. The van der Waals surface area contributed by atoms with E-state index in [2.05, 4.69) is 4.85 Å². The number of hydrogen-bond acceptors (Lipinski definition) is 2. The summed E-state index contributed by atoms with van der Waals surface area (Å²) in [6.07, 6.45) is -9.77. The quantitative estimate of drug-likeness (QED) is 0.444. The summed E-state index contributed by atoms with van der Waals surface area (Å²) in [6, 6.07) is 3.52. The fraction of sp³-hybridized carbons (Fsp3) is 0.118. The van der Waals surface area contributed by atoms with Crippen LogP contribution < -0.4 is 10.6 Å². The van der Waals surface area contributed by atoms with Gasteiger partial charge in [-0.25, -0.2) is 10.1 Å². The van der Waals surface area contributed by atoms with Crippen LogP contribution in [-0.2, 0) is 12.4 Å². The molecule has 0 saturated heterocycles. The van der Waals surface area contributed by atoms with Gasteiger partial charge in [0.15, 0.2) is 5.43 Å². The first-order valence-corrected chi connectivity index (χ1v) is 6.82. The molecule has 3 aromatic rings. The molecule has 0 aliphatic carbocycles. The van der Waals surface area contributed by atoms with Crippen LogP contribution in [0.3, 0.4) is 0 Å². The number of hydrogen-bond donors (Lipinski definition) is 0. The zero-order valence-corrected chi connectivity index (χ0v) is 12.4. The molecule has 0 aliphatic rings. The van der Waals surface area contributed by atoms with E-state index in [9.17, 15) is 31.1 Å². The van der Waals surface area contributed by atoms with Gasteiger partial charge in [0.25, 0.3) is 5.70 Å². The number of nitrogens with zero attached hydrogens (tertiary/aromatic N) is 2. The second-order valence-corrected chi connectivity index (χ2v) is 5.42. The molecule has 3 nitrogen and oxygen atoms in total. The second kappa shape index (κ2) is 5.33. The molecule has 0 atom stereocenters. The van der Waals surface area contributed by atoms with Crippen LogP contribution in [-0.4, -0.2) is 0 Å². The first kappa shape index (κ1) is 17.5.